The summed E-state index contributed by atoms with van der Waals surface area (Å²) in [4.78, 5) is 11.7. The third kappa shape index (κ3) is 5.52. The molecule has 0 fully saturated rings. The number of nitrogens with two attached hydrogens (primary N) is 1. The highest BCUT2D eigenvalue weighted by Gasteiger charge is 2.20. The van der Waals surface area contributed by atoms with Gasteiger partial charge in [0.05, 0.1) is 6.42 Å². The van der Waals surface area contributed by atoms with Crippen molar-refractivity contribution in [2.45, 2.75) is 38.6 Å². The van der Waals surface area contributed by atoms with Gasteiger partial charge in [-0.1, -0.05) is 44.2 Å². The largest absolute Gasteiger partial charge is 0.354 e. The molecule has 0 saturated carbocycles. The Hall–Kier alpha value is -1.06. The van der Waals surface area contributed by atoms with E-state index in [2.05, 4.69) is 5.32 Å². The van der Waals surface area contributed by atoms with Crippen molar-refractivity contribution in [1.82, 2.24) is 5.32 Å². The van der Waals surface area contributed by atoms with E-state index in [0.29, 0.717) is 13.0 Å². The minimum Gasteiger partial charge on any atom is -0.354 e. The number of amides is 1. The Morgan fingerprint density at radius 1 is 1.22 bits per heavy atom. The Labute approximate surface area is 116 Å². The number of hydrogen-bond donors (Lipinski definition) is 2. The van der Waals surface area contributed by atoms with Crippen LogP contribution in [0.15, 0.2) is 30.3 Å². The van der Waals surface area contributed by atoms with Gasteiger partial charge in [0.15, 0.2) is 0 Å². The lowest BCUT2D eigenvalue weighted by Crippen LogP contribution is -2.49. The Morgan fingerprint density at radius 3 is 2.28 bits per heavy atom. The first-order chi connectivity index (χ1) is 8.09. The van der Waals surface area contributed by atoms with E-state index in [1.165, 1.54) is 0 Å². The number of carbonyl (C=O) groups is 1. The van der Waals surface area contributed by atoms with Crippen molar-refractivity contribution in [3.8, 4) is 0 Å². The van der Waals surface area contributed by atoms with Crippen molar-refractivity contribution in [3.05, 3.63) is 35.9 Å². The van der Waals surface area contributed by atoms with Gasteiger partial charge in [0, 0.05) is 12.1 Å². The lowest BCUT2D eigenvalue weighted by atomic mass is 9.94. The number of halogens is 1. The molecular formula is C14H23ClN2O. The summed E-state index contributed by atoms with van der Waals surface area (Å²) in [5.41, 5.74) is 6.88. The van der Waals surface area contributed by atoms with Gasteiger partial charge >= 0.3 is 0 Å². The topological polar surface area (TPSA) is 55.1 Å². The molecule has 0 saturated heterocycles. The zero-order valence-electron chi connectivity index (χ0n) is 11.1. The fourth-order valence-electron chi connectivity index (χ4n) is 1.62. The maximum Gasteiger partial charge on any atom is 0.224 e. The van der Waals surface area contributed by atoms with Gasteiger partial charge in [0.25, 0.3) is 0 Å². The first-order valence-electron chi connectivity index (χ1n) is 6.19. The number of carbonyl (C=O) groups excluding carboxylic acids is 1. The summed E-state index contributed by atoms with van der Waals surface area (Å²) >= 11 is 0. The highest BCUT2D eigenvalue weighted by Crippen LogP contribution is 2.09. The van der Waals surface area contributed by atoms with Gasteiger partial charge in [-0.15, -0.1) is 12.4 Å². The molecule has 0 radical (unpaired) electrons. The monoisotopic (exact) mass is 270 g/mol. The summed E-state index contributed by atoms with van der Waals surface area (Å²) in [5, 5.41) is 2.91. The fraction of sp³-hybridized carbons (Fsp3) is 0.500. The van der Waals surface area contributed by atoms with E-state index in [1.54, 1.807) is 0 Å². The molecule has 102 valence electrons. The lowest BCUT2D eigenvalue weighted by molar-refractivity contribution is -0.120. The lowest BCUT2D eigenvalue weighted by Gasteiger charge is -2.26. The third-order valence-corrected chi connectivity index (χ3v) is 3.25. The van der Waals surface area contributed by atoms with E-state index in [4.69, 9.17) is 5.73 Å². The molecule has 3 nitrogen and oxygen atoms in total. The smallest absolute Gasteiger partial charge is 0.224 e. The average molecular weight is 271 g/mol. The molecule has 1 amide bonds. The van der Waals surface area contributed by atoms with E-state index in [1.807, 2.05) is 44.2 Å². The molecule has 0 atom stereocenters. The quantitative estimate of drug-likeness (QED) is 0.833. The van der Waals surface area contributed by atoms with Gasteiger partial charge < -0.3 is 11.1 Å². The highest BCUT2D eigenvalue weighted by atomic mass is 35.5. The molecule has 0 aliphatic heterocycles. The number of hydrogen-bond acceptors (Lipinski definition) is 2. The second kappa shape index (κ2) is 8.11. The Kier molecular flexibility index (Phi) is 7.64. The second-order valence-electron chi connectivity index (χ2n) is 4.51. The van der Waals surface area contributed by atoms with Gasteiger partial charge in [-0.25, -0.2) is 0 Å². The van der Waals surface area contributed by atoms with E-state index in [0.717, 1.165) is 18.4 Å². The summed E-state index contributed by atoms with van der Waals surface area (Å²) in [6.45, 7) is 4.64. The van der Waals surface area contributed by atoms with E-state index in [9.17, 15) is 4.79 Å². The van der Waals surface area contributed by atoms with Gasteiger partial charge in [-0.05, 0) is 18.4 Å². The molecule has 0 heterocycles. The summed E-state index contributed by atoms with van der Waals surface area (Å²) < 4.78 is 0. The van der Waals surface area contributed by atoms with Gasteiger partial charge in [-0.2, -0.15) is 0 Å². The van der Waals surface area contributed by atoms with Crippen LogP contribution in [0.25, 0.3) is 0 Å². The molecule has 18 heavy (non-hydrogen) atoms. The molecule has 0 aliphatic rings. The number of benzene rings is 1. The maximum absolute atomic E-state index is 11.7. The van der Waals surface area contributed by atoms with Crippen LogP contribution in [0.5, 0.6) is 0 Å². The molecule has 3 N–H and O–H groups in total. The molecule has 0 bridgehead atoms. The van der Waals surface area contributed by atoms with Crippen LogP contribution in [0.3, 0.4) is 0 Å². The molecule has 0 aliphatic carbocycles. The van der Waals surface area contributed by atoms with Gasteiger partial charge in [0.2, 0.25) is 5.91 Å². The molecular weight excluding hydrogens is 248 g/mol. The number of nitrogens with one attached hydrogen (secondary N) is 1. The predicted octanol–water partition coefficient (Wildman–Crippen LogP) is 2.28. The average Bonchev–Trinajstić information content (AvgIpc) is 2.37. The van der Waals surface area contributed by atoms with Crippen LogP contribution in [0, 0.1) is 0 Å². The van der Waals surface area contributed by atoms with Crippen molar-refractivity contribution in [2.75, 3.05) is 6.54 Å². The van der Waals surface area contributed by atoms with E-state index in [-0.39, 0.29) is 23.9 Å². The Morgan fingerprint density at radius 2 is 1.78 bits per heavy atom. The molecule has 1 rings (SSSR count). The minimum absolute atomic E-state index is 0. The first-order valence-corrected chi connectivity index (χ1v) is 6.19. The van der Waals surface area contributed by atoms with Crippen LogP contribution < -0.4 is 11.1 Å². The highest BCUT2D eigenvalue weighted by molar-refractivity contribution is 5.85. The molecule has 0 unspecified atom stereocenters. The zero-order valence-corrected chi connectivity index (χ0v) is 11.9. The second-order valence-corrected chi connectivity index (χ2v) is 4.51. The summed E-state index contributed by atoms with van der Waals surface area (Å²) in [6.07, 6.45) is 2.16. The molecule has 4 heteroatoms. The summed E-state index contributed by atoms with van der Waals surface area (Å²) in [5.74, 6) is 0.0351. The Balaban J connectivity index is 0.00000289. The first kappa shape index (κ1) is 16.9. The van der Waals surface area contributed by atoms with Crippen molar-refractivity contribution in [1.29, 1.82) is 0 Å². The van der Waals surface area contributed by atoms with Crippen molar-refractivity contribution >= 4 is 18.3 Å². The van der Waals surface area contributed by atoms with E-state index >= 15 is 0 Å². The number of rotatable bonds is 6. The minimum atomic E-state index is -0.271. The van der Waals surface area contributed by atoms with Gasteiger partial charge in [0.1, 0.15) is 0 Å². The molecule has 1 aromatic rings. The van der Waals surface area contributed by atoms with Crippen LogP contribution in [0.2, 0.25) is 0 Å². The third-order valence-electron chi connectivity index (χ3n) is 3.25. The SMILES string of the molecule is CCC(N)(CC)CNC(=O)Cc1ccccc1.Cl. The Bertz CT molecular complexity index is 350. The van der Waals surface area contributed by atoms with Crippen LogP contribution in [-0.2, 0) is 11.2 Å². The van der Waals surface area contributed by atoms with Crippen LogP contribution in [-0.4, -0.2) is 18.0 Å². The predicted molar refractivity (Wildman–Crippen MR) is 77.9 cm³/mol. The molecule has 0 aromatic heterocycles. The molecule has 1 aromatic carbocycles. The van der Waals surface area contributed by atoms with Crippen molar-refractivity contribution in [3.63, 3.8) is 0 Å². The van der Waals surface area contributed by atoms with Crippen molar-refractivity contribution in [2.24, 2.45) is 5.73 Å². The van der Waals surface area contributed by atoms with E-state index < -0.39 is 0 Å². The van der Waals surface area contributed by atoms with Gasteiger partial charge in [-0.3, -0.25) is 4.79 Å². The molecule has 0 spiro atoms. The maximum atomic E-state index is 11.7. The summed E-state index contributed by atoms with van der Waals surface area (Å²) in [7, 11) is 0. The van der Waals surface area contributed by atoms with Crippen LogP contribution in [0.1, 0.15) is 32.3 Å². The van der Waals surface area contributed by atoms with Crippen molar-refractivity contribution < 1.29 is 4.79 Å². The normalized spacial score (nSPS) is 10.6. The summed E-state index contributed by atoms with van der Waals surface area (Å²) in [6, 6.07) is 9.73. The standard InChI is InChI=1S/C14H22N2O.ClH/c1-3-14(15,4-2)11-16-13(17)10-12-8-6-5-7-9-12;/h5-9H,3-4,10-11,15H2,1-2H3,(H,16,17);1H. The fourth-order valence-corrected chi connectivity index (χ4v) is 1.62. The van der Waals surface area contributed by atoms with Crippen LogP contribution in [0.4, 0.5) is 0 Å². The zero-order chi connectivity index (χ0) is 12.7. The van der Waals surface area contributed by atoms with Crippen LogP contribution >= 0.6 is 12.4 Å².